The van der Waals surface area contributed by atoms with Crippen LogP contribution in [-0.4, -0.2) is 6.54 Å². The minimum Gasteiger partial charge on any atom is -0.453 e. The fourth-order valence-electron chi connectivity index (χ4n) is 2.48. The maximum absolute atomic E-state index is 6.32. The number of hydrogen-bond donors (Lipinski definition) is 1. The van der Waals surface area contributed by atoms with Crippen LogP contribution in [0.4, 0.5) is 5.00 Å². The number of rotatable bonds is 5. The fourth-order valence-corrected chi connectivity index (χ4v) is 3.49. The standard InChI is InChI=1S/C19H21NOS/c1-4-12-20-19-18(13(2)14(3)22-19)21-17-11-7-9-15-8-5-6-10-16(15)17/h5-11,20H,4,12H2,1-3H3. The maximum Gasteiger partial charge on any atom is 0.164 e. The van der Waals surface area contributed by atoms with Crippen LogP contribution in [0.2, 0.25) is 0 Å². The molecule has 0 saturated carbocycles. The number of ether oxygens (including phenoxy) is 1. The van der Waals surface area contributed by atoms with Crippen LogP contribution in [0.5, 0.6) is 11.5 Å². The summed E-state index contributed by atoms with van der Waals surface area (Å²) in [6.07, 6.45) is 1.10. The van der Waals surface area contributed by atoms with E-state index in [9.17, 15) is 0 Å². The van der Waals surface area contributed by atoms with Crippen LogP contribution >= 0.6 is 11.3 Å². The van der Waals surface area contributed by atoms with Crippen molar-refractivity contribution in [3.63, 3.8) is 0 Å². The quantitative estimate of drug-likeness (QED) is 0.611. The van der Waals surface area contributed by atoms with Gasteiger partial charge in [0.05, 0.1) is 0 Å². The molecule has 0 fully saturated rings. The molecule has 22 heavy (non-hydrogen) atoms. The smallest absolute Gasteiger partial charge is 0.164 e. The van der Waals surface area contributed by atoms with Gasteiger partial charge in [0.1, 0.15) is 10.8 Å². The molecule has 1 aromatic heterocycles. The summed E-state index contributed by atoms with van der Waals surface area (Å²) in [5.74, 6) is 1.88. The molecule has 0 atom stereocenters. The van der Waals surface area contributed by atoms with Crippen LogP contribution in [-0.2, 0) is 0 Å². The van der Waals surface area contributed by atoms with Crippen LogP contribution < -0.4 is 10.1 Å². The summed E-state index contributed by atoms with van der Waals surface area (Å²) >= 11 is 1.77. The molecule has 2 nitrogen and oxygen atoms in total. The Labute approximate surface area is 135 Å². The van der Waals surface area contributed by atoms with Gasteiger partial charge in [0.15, 0.2) is 5.75 Å². The van der Waals surface area contributed by atoms with Crippen LogP contribution in [0, 0.1) is 13.8 Å². The fraction of sp³-hybridized carbons (Fsp3) is 0.263. The molecular weight excluding hydrogens is 290 g/mol. The zero-order valence-electron chi connectivity index (χ0n) is 13.3. The molecule has 114 valence electrons. The van der Waals surface area contributed by atoms with Gasteiger partial charge in [-0.3, -0.25) is 0 Å². The van der Waals surface area contributed by atoms with Gasteiger partial charge >= 0.3 is 0 Å². The first kappa shape index (κ1) is 14.9. The molecule has 0 unspecified atom stereocenters. The van der Waals surface area contributed by atoms with Gasteiger partial charge in [0.2, 0.25) is 0 Å². The van der Waals surface area contributed by atoms with Crippen molar-refractivity contribution < 1.29 is 4.74 Å². The minimum absolute atomic E-state index is 0.915. The van der Waals surface area contributed by atoms with Crippen molar-refractivity contribution in [1.29, 1.82) is 0 Å². The van der Waals surface area contributed by atoms with Crippen molar-refractivity contribution in [3.05, 3.63) is 52.9 Å². The van der Waals surface area contributed by atoms with E-state index in [1.54, 1.807) is 11.3 Å². The first-order chi connectivity index (χ1) is 10.7. The highest BCUT2D eigenvalue weighted by Crippen LogP contribution is 2.43. The van der Waals surface area contributed by atoms with E-state index in [1.165, 1.54) is 15.8 Å². The molecule has 3 heteroatoms. The number of hydrogen-bond acceptors (Lipinski definition) is 3. The summed E-state index contributed by atoms with van der Waals surface area (Å²) in [5, 5.41) is 6.97. The Morgan fingerprint density at radius 3 is 2.64 bits per heavy atom. The normalized spacial score (nSPS) is 10.9. The van der Waals surface area contributed by atoms with Gasteiger partial charge in [-0.25, -0.2) is 0 Å². The Balaban J connectivity index is 2.01. The van der Waals surface area contributed by atoms with Gasteiger partial charge in [-0.05, 0) is 31.7 Å². The van der Waals surface area contributed by atoms with Gasteiger partial charge in [-0.2, -0.15) is 0 Å². The van der Waals surface area contributed by atoms with E-state index in [1.807, 2.05) is 12.1 Å². The van der Waals surface area contributed by atoms with Crippen LogP contribution in [0.3, 0.4) is 0 Å². The molecule has 0 amide bonds. The molecule has 0 aliphatic heterocycles. The van der Waals surface area contributed by atoms with E-state index in [2.05, 4.69) is 56.4 Å². The molecule has 0 aliphatic rings. The third-order valence-corrected chi connectivity index (χ3v) is 4.97. The predicted octanol–water partition coefficient (Wildman–Crippen LogP) is 6.13. The van der Waals surface area contributed by atoms with E-state index < -0.39 is 0 Å². The zero-order valence-corrected chi connectivity index (χ0v) is 14.1. The summed E-state index contributed by atoms with van der Waals surface area (Å²) in [7, 11) is 0. The molecule has 1 N–H and O–H groups in total. The Morgan fingerprint density at radius 1 is 1.05 bits per heavy atom. The molecule has 0 radical (unpaired) electrons. The zero-order chi connectivity index (χ0) is 15.5. The number of fused-ring (bicyclic) bond motifs is 1. The van der Waals surface area contributed by atoms with Gasteiger partial charge in [0, 0.05) is 22.4 Å². The monoisotopic (exact) mass is 311 g/mol. The number of benzene rings is 2. The molecule has 0 spiro atoms. The van der Waals surface area contributed by atoms with Crippen LogP contribution in [0.25, 0.3) is 10.8 Å². The Bertz CT molecular complexity index is 786. The van der Waals surface area contributed by atoms with Crippen molar-refractivity contribution in [2.24, 2.45) is 0 Å². The van der Waals surface area contributed by atoms with Crippen molar-refractivity contribution >= 4 is 27.1 Å². The van der Waals surface area contributed by atoms with Crippen molar-refractivity contribution in [2.75, 3.05) is 11.9 Å². The van der Waals surface area contributed by atoms with Gasteiger partial charge in [-0.15, -0.1) is 11.3 Å². The average molecular weight is 311 g/mol. The Morgan fingerprint density at radius 2 is 1.82 bits per heavy atom. The highest BCUT2D eigenvalue weighted by molar-refractivity contribution is 7.16. The van der Waals surface area contributed by atoms with E-state index in [4.69, 9.17) is 4.74 Å². The topological polar surface area (TPSA) is 21.3 Å². The van der Waals surface area contributed by atoms with Crippen molar-refractivity contribution in [3.8, 4) is 11.5 Å². The maximum atomic E-state index is 6.32. The van der Waals surface area contributed by atoms with Crippen molar-refractivity contribution in [1.82, 2.24) is 0 Å². The molecule has 3 aromatic rings. The lowest BCUT2D eigenvalue weighted by Gasteiger charge is -2.12. The Hall–Kier alpha value is -2.00. The third-order valence-electron chi connectivity index (χ3n) is 3.83. The second kappa shape index (κ2) is 6.41. The van der Waals surface area contributed by atoms with Crippen LogP contribution in [0.1, 0.15) is 23.8 Å². The average Bonchev–Trinajstić information content (AvgIpc) is 2.81. The molecule has 0 bridgehead atoms. The van der Waals surface area contributed by atoms with Gasteiger partial charge in [-0.1, -0.05) is 43.3 Å². The van der Waals surface area contributed by atoms with E-state index in [-0.39, 0.29) is 0 Å². The summed E-state index contributed by atoms with van der Waals surface area (Å²) in [5.41, 5.74) is 1.22. The summed E-state index contributed by atoms with van der Waals surface area (Å²) < 4.78 is 6.32. The SMILES string of the molecule is CCCNc1sc(C)c(C)c1Oc1cccc2ccccc12. The third kappa shape index (κ3) is 2.81. The largest absolute Gasteiger partial charge is 0.453 e. The lowest BCUT2D eigenvalue weighted by Crippen LogP contribution is -1.99. The molecule has 2 aromatic carbocycles. The number of aryl methyl sites for hydroxylation is 1. The summed E-state index contributed by atoms with van der Waals surface area (Å²) in [6.45, 7) is 7.41. The molecule has 0 aliphatic carbocycles. The minimum atomic E-state index is 0.915. The molecular formula is C19H21NOS. The first-order valence-corrected chi connectivity index (χ1v) is 8.52. The predicted molar refractivity (Wildman–Crippen MR) is 96.6 cm³/mol. The Kier molecular flexibility index (Phi) is 4.34. The number of thiophene rings is 1. The van der Waals surface area contributed by atoms with Gasteiger partial charge in [0.25, 0.3) is 0 Å². The lowest BCUT2D eigenvalue weighted by atomic mass is 10.1. The highest BCUT2D eigenvalue weighted by Gasteiger charge is 2.15. The van der Waals surface area contributed by atoms with Crippen LogP contribution in [0.15, 0.2) is 42.5 Å². The highest BCUT2D eigenvalue weighted by atomic mass is 32.1. The number of nitrogens with one attached hydrogen (secondary N) is 1. The van der Waals surface area contributed by atoms with Gasteiger partial charge < -0.3 is 10.1 Å². The summed E-state index contributed by atoms with van der Waals surface area (Å²) in [6, 6.07) is 14.5. The molecule has 1 heterocycles. The molecule has 3 rings (SSSR count). The van der Waals surface area contributed by atoms with E-state index >= 15 is 0 Å². The second-order valence-electron chi connectivity index (χ2n) is 5.45. The van der Waals surface area contributed by atoms with Crippen molar-refractivity contribution in [2.45, 2.75) is 27.2 Å². The van der Waals surface area contributed by atoms with E-state index in [0.29, 0.717) is 0 Å². The lowest BCUT2D eigenvalue weighted by molar-refractivity contribution is 0.488. The first-order valence-electron chi connectivity index (χ1n) is 7.70. The number of anilines is 1. The van der Waals surface area contributed by atoms with E-state index in [0.717, 1.165) is 34.9 Å². The summed E-state index contributed by atoms with van der Waals surface area (Å²) in [4.78, 5) is 1.30. The molecule has 0 saturated heterocycles. The second-order valence-corrected chi connectivity index (χ2v) is 6.67.